The smallest absolute Gasteiger partial charge is 0.134 e. The van der Waals surface area contributed by atoms with Crippen molar-refractivity contribution < 1.29 is 0 Å². The Kier molecular flexibility index (Phi) is 3.42. The number of nitrogens with zero attached hydrogens (tertiary/aromatic N) is 2. The van der Waals surface area contributed by atoms with Crippen molar-refractivity contribution in [1.29, 1.82) is 0 Å². The normalized spacial score (nSPS) is 9.14. The molecule has 0 unspecified atom stereocenters. The molecule has 0 aliphatic rings. The average molecular weight is 208 g/mol. The molecule has 0 aliphatic heterocycles. The van der Waals surface area contributed by atoms with Gasteiger partial charge in [-0.3, -0.25) is 0 Å². The molecule has 2 rings (SSSR count). The van der Waals surface area contributed by atoms with Crippen molar-refractivity contribution in [2.75, 3.05) is 5.73 Å². The van der Waals surface area contributed by atoms with Crippen molar-refractivity contribution in [3.05, 3.63) is 42.9 Å². The first-order chi connectivity index (χ1) is 6.38. The van der Waals surface area contributed by atoms with E-state index in [2.05, 4.69) is 9.97 Å². The molecule has 14 heavy (non-hydrogen) atoms. The zero-order valence-corrected chi connectivity index (χ0v) is 8.24. The minimum absolute atomic E-state index is 0. The fraction of sp³-hybridized carbons (Fsp3) is 0. The first-order valence-corrected chi connectivity index (χ1v) is 3.99. The molecule has 0 aliphatic carbocycles. The molecule has 0 fully saturated rings. The van der Waals surface area contributed by atoms with Gasteiger partial charge in [0.25, 0.3) is 0 Å². The summed E-state index contributed by atoms with van der Waals surface area (Å²) in [4.78, 5) is 7.85. The van der Waals surface area contributed by atoms with Gasteiger partial charge in [0.15, 0.2) is 0 Å². The number of halogens is 1. The molecule has 0 saturated heterocycles. The lowest BCUT2D eigenvalue weighted by Gasteiger charge is -2.02. The van der Waals surface area contributed by atoms with Crippen LogP contribution in [0.5, 0.6) is 0 Å². The highest BCUT2D eigenvalue weighted by atomic mass is 35.5. The summed E-state index contributed by atoms with van der Waals surface area (Å²) in [5, 5.41) is 0. The standard InChI is InChI=1S/C10H9N3.ClH/c11-10-9(6-12-7-13-10)8-4-2-1-3-5-8;/h1-7H,(H2,11,12,13);1H. The third-order valence-corrected chi connectivity index (χ3v) is 1.83. The predicted molar refractivity (Wildman–Crippen MR) is 59.1 cm³/mol. The molecule has 2 aromatic rings. The average Bonchev–Trinajstić information content (AvgIpc) is 2.20. The van der Waals surface area contributed by atoms with E-state index < -0.39 is 0 Å². The van der Waals surface area contributed by atoms with E-state index in [0.29, 0.717) is 5.82 Å². The monoisotopic (exact) mass is 207 g/mol. The quantitative estimate of drug-likeness (QED) is 0.780. The summed E-state index contributed by atoms with van der Waals surface area (Å²) < 4.78 is 0. The van der Waals surface area contributed by atoms with Crippen LogP contribution in [0.3, 0.4) is 0 Å². The van der Waals surface area contributed by atoms with Crippen LogP contribution in [0.4, 0.5) is 5.82 Å². The lowest BCUT2D eigenvalue weighted by molar-refractivity contribution is 1.18. The number of aromatic nitrogens is 2. The molecule has 0 radical (unpaired) electrons. The molecule has 0 amide bonds. The van der Waals surface area contributed by atoms with Gasteiger partial charge in [-0.25, -0.2) is 9.97 Å². The van der Waals surface area contributed by atoms with Crippen molar-refractivity contribution >= 4 is 18.2 Å². The molecule has 4 heteroatoms. The molecule has 2 N–H and O–H groups in total. The summed E-state index contributed by atoms with van der Waals surface area (Å²) >= 11 is 0. The van der Waals surface area contributed by atoms with Crippen LogP contribution in [-0.4, -0.2) is 9.97 Å². The maximum absolute atomic E-state index is 5.70. The van der Waals surface area contributed by atoms with Crippen molar-refractivity contribution in [2.45, 2.75) is 0 Å². The van der Waals surface area contributed by atoms with Crippen LogP contribution in [0, 0.1) is 0 Å². The van der Waals surface area contributed by atoms with Crippen LogP contribution >= 0.6 is 12.4 Å². The number of anilines is 1. The van der Waals surface area contributed by atoms with E-state index >= 15 is 0 Å². The van der Waals surface area contributed by atoms with Gasteiger partial charge >= 0.3 is 0 Å². The van der Waals surface area contributed by atoms with Gasteiger partial charge in [-0.1, -0.05) is 30.3 Å². The Hall–Kier alpha value is -1.61. The van der Waals surface area contributed by atoms with Crippen LogP contribution in [0.1, 0.15) is 0 Å². The second kappa shape index (κ2) is 4.58. The first kappa shape index (κ1) is 10.5. The highest BCUT2D eigenvalue weighted by molar-refractivity contribution is 5.85. The van der Waals surface area contributed by atoms with Crippen LogP contribution in [0.15, 0.2) is 42.9 Å². The van der Waals surface area contributed by atoms with Crippen molar-refractivity contribution in [1.82, 2.24) is 9.97 Å². The summed E-state index contributed by atoms with van der Waals surface area (Å²) in [6.07, 6.45) is 3.17. The summed E-state index contributed by atoms with van der Waals surface area (Å²) in [7, 11) is 0. The predicted octanol–water partition coefficient (Wildman–Crippen LogP) is 2.15. The Bertz CT molecular complexity index is 403. The van der Waals surface area contributed by atoms with Gasteiger partial charge in [0.2, 0.25) is 0 Å². The molecule has 1 heterocycles. The molecular formula is C10H10ClN3. The van der Waals surface area contributed by atoms with E-state index in [0.717, 1.165) is 11.1 Å². The van der Waals surface area contributed by atoms with Crippen LogP contribution < -0.4 is 5.73 Å². The molecule has 72 valence electrons. The second-order valence-electron chi connectivity index (χ2n) is 2.69. The Morgan fingerprint density at radius 2 is 1.79 bits per heavy atom. The molecule has 0 bridgehead atoms. The van der Waals surface area contributed by atoms with Gasteiger partial charge < -0.3 is 5.73 Å². The molecule has 3 nitrogen and oxygen atoms in total. The van der Waals surface area contributed by atoms with Gasteiger partial charge in [0.1, 0.15) is 12.1 Å². The first-order valence-electron chi connectivity index (χ1n) is 3.99. The minimum atomic E-state index is 0. The Morgan fingerprint density at radius 1 is 1.07 bits per heavy atom. The molecular weight excluding hydrogens is 198 g/mol. The summed E-state index contributed by atoms with van der Waals surface area (Å²) in [5.74, 6) is 0.515. The fourth-order valence-corrected chi connectivity index (χ4v) is 1.18. The number of hydrogen-bond donors (Lipinski definition) is 1. The lowest BCUT2D eigenvalue weighted by atomic mass is 10.1. The zero-order valence-electron chi connectivity index (χ0n) is 7.42. The lowest BCUT2D eigenvalue weighted by Crippen LogP contribution is -1.94. The number of rotatable bonds is 1. The van der Waals surface area contributed by atoms with E-state index in [-0.39, 0.29) is 12.4 Å². The highest BCUT2D eigenvalue weighted by Crippen LogP contribution is 2.21. The minimum Gasteiger partial charge on any atom is -0.383 e. The summed E-state index contributed by atoms with van der Waals surface area (Å²) in [5.41, 5.74) is 7.62. The molecule has 1 aromatic carbocycles. The number of nitrogen functional groups attached to an aromatic ring is 1. The Balaban J connectivity index is 0.000000980. The van der Waals surface area contributed by atoms with Gasteiger partial charge in [-0.05, 0) is 5.56 Å². The Labute approximate surface area is 88.4 Å². The molecule has 1 aromatic heterocycles. The van der Waals surface area contributed by atoms with E-state index in [1.807, 2.05) is 30.3 Å². The van der Waals surface area contributed by atoms with Crippen LogP contribution in [0.25, 0.3) is 11.1 Å². The number of hydrogen-bond acceptors (Lipinski definition) is 3. The third-order valence-electron chi connectivity index (χ3n) is 1.83. The summed E-state index contributed by atoms with van der Waals surface area (Å²) in [6, 6.07) is 9.84. The topological polar surface area (TPSA) is 51.8 Å². The largest absolute Gasteiger partial charge is 0.383 e. The van der Waals surface area contributed by atoms with E-state index in [9.17, 15) is 0 Å². The third kappa shape index (κ3) is 2.00. The highest BCUT2D eigenvalue weighted by Gasteiger charge is 2.00. The van der Waals surface area contributed by atoms with Gasteiger partial charge in [0.05, 0.1) is 0 Å². The van der Waals surface area contributed by atoms with Crippen molar-refractivity contribution in [2.24, 2.45) is 0 Å². The second-order valence-corrected chi connectivity index (χ2v) is 2.69. The SMILES string of the molecule is Cl.Nc1ncncc1-c1ccccc1. The van der Waals surface area contributed by atoms with Gasteiger partial charge in [-0.15, -0.1) is 12.4 Å². The molecule has 0 spiro atoms. The maximum atomic E-state index is 5.70. The zero-order chi connectivity index (χ0) is 9.10. The molecule has 0 saturated carbocycles. The summed E-state index contributed by atoms with van der Waals surface area (Å²) in [6.45, 7) is 0. The van der Waals surface area contributed by atoms with Crippen LogP contribution in [-0.2, 0) is 0 Å². The molecule has 0 atom stereocenters. The van der Waals surface area contributed by atoms with Gasteiger partial charge in [-0.2, -0.15) is 0 Å². The van der Waals surface area contributed by atoms with Crippen molar-refractivity contribution in [3.8, 4) is 11.1 Å². The Morgan fingerprint density at radius 3 is 2.43 bits per heavy atom. The van der Waals surface area contributed by atoms with Crippen molar-refractivity contribution in [3.63, 3.8) is 0 Å². The maximum Gasteiger partial charge on any atom is 0.134 e. The fourth-order valence-electron chi connectivity index (χ4n) is 1.18. The van der Waals surface area contributed by atoms with Gasteiger partial charge in [0, 0.05) is 11.8 Å². The number of nitrogens with two attached hydrogens (primary N) is 1. The van der Waals surface area contributed by atoms with E-state index in [1.54, 1.807) is 6.20 Å². The number of benzene rings is 1. The van der Waals surface area contributed by atoms with Crippen LogP contribution in [0.2, 0.25) is 0 Å². The van der Waals surface area contributed by atoms with E-state index in [1.165, 1.54) is 6.33 Å². The van der Waals surface area contributed by atoms with E-state index in [4.69, 9.17) is 5.73 Å².